The van der Waals surface area contributed by atoms with Gasteiger partial charge >= 0.3 is 0 Å². The minimum atomic E-state index is 0.131. The summed E-state index contributed by atoms with van der Waals surface area (Å²) in [4.78, 5) is 15.4. The molecule has 2 rings (SSSR count). The van der Waals surface area contributed by atoms with Crippen molar-refractivity contribution < 1.29 is 4.79 Å². The SMILES string of the molecule is CSc1ccc(CC(=O)NC[C@H]2CCN(C)C2)cc1. The topological polar surface area (TPSA) is 32.3 Å². The summed E-state index contributed by atoms with van der Waals surface area (Å²) in [5, 5.41) is 3.05. The van der Waals surface area contributed by atoms with Gasteiger partial charge in [-0.25, -0.2) is 0 Å². The van der Waals surface area contributed by atoms with E-state index >= 15 is 0 Å². The third kappa shape index (κ3) is 4.55. The lowest BCUT2D eigenvalue weighted by Gasteiger charge is -2.11. The second kappa shape index (κ2) is 6.96. The van der Waals surface area contributed by atoms with Crippen molar-refractivity contribution in [3.8, 4) is 0 Å². The van der Waals surface area contributed by atoms with Gasteiger partial charge in [0.05, 0.1) is 6.42 Å². The summed E-state index contributed by atoms with van der Waals surface area (Å²) in [6.07, 6.45) is 3.73. The molecule has 1 amide bonds. The van der Waals surface area contributed by atoms with Crippen LogP contribution in [0.3, 0.4) is 0 Å². The molecule has 19 heavy (non-hydrogen) atoms. The van der Waals surface area contributed by atoms with Crippen molar-refractivity contribution >= 4 is 17.7 Å². The molecule has 0 aliphatic carbocycles. The standard InChI is InChI=1S/C15H22N2OS/c1-17-8-7-13(11-17)10-16-15(18)9-12-3-5-14(19-2)6-4-12/h3-6,13H,7-11H2,1-2H3,(H,16,18)/t13-/m1/s1. The minimum Gasteiger partial charge on any atom is -0.355 e. The fourth-order valence-corrected chi connectivity index (χ4v) is 2.85. The Morgan fingerprint density at radius 3 is 2.74 bits per heavy atom. The molecule has 1 saturated heterocycles. The van der Waals surface area contributed by atoms with Gasteiger partial charge in [0.2, 0.25) is 5.91 Å². The zero-order valence-electron chi connectivity index (χ0n) is 11.7. The fraction of sp³-hybridized carbons (Fsp3) is 0.533. The van der Waals surface area contributed by atoms with E-state index in [0.717, 1.165) is 25.2 Å². The van der Waals surface area contributed by atoms with Crippen molar-refractivity contribution in [1.82, 2.24) is 10.2 Å². The molecule has 1 aliphatic heterocycles. The van der Waals surface area contributed by atoms with Gasteiger partial charge in [-0.3, -0.25) is 4.79 Å². The van der Waals surface area contributed by atoms with E-state index in [1.807, 2.05) is 12.1 Å². The highest BCUT2D eigenvalue weighted by Gasteiger charge is 2.19. The summed E-state index contributed by atoms with van der Waals surface area (Å²) in [6, 6.07) is 8.21. The van der Waals surface area contributed by atoms with Gasteiger partial charge in [-0.2, -0.15) is 0 Å². The van der Waals surface area contributed by atoms with Crippen LogP contribution < -0.4 is 5.32 Å². The molecule has 4 heteroatoms. The van der Waals surface area contributed by atoms with E-state index in [-0.39, 0.29) is 5.91 Å². The number of carbonyl (C=O) groups excluding carboxylic acids is 1. The molecule has 0 bridgehead atoms. The number of amides is 1. The molecule has 0 unspecified atom stereocenters. The van der Waals surface area contributed by atoms with Gasteiger partial charge in [0.15, 0.2) is 0 Å². The maximum atomic E-state index is 11.9. The van der Waals surface area contributed by atoms with E-state index in [1.165, 1.54) is 11.3 Å². The Bertz CT molecular complexity index is 419. The molecule has 1 N–H and O–H groups in total. The van der Waals surface area contributed by atoms with Gasteiger partial charge in [-0.05, 0) is 49.9 Å². The Balaban J connectivity index is 1.74. The maximum Gasteiger partial charge on any atom is 0.224 e. The van der Waals surface area contributed by atoms with Crippen molar-refractivity contribution in [3.05, 3.63) is 29.8 Å². The van der Waals surface area contributed by atoms with Crippen molar-refractivity contribution in [3.63, 3.8) is 0 Å². The van der Waals surface area contributed by atoms with E-state index in [2.05, 4.69) is 35.7 Å². The van der Waals surface area contributed by atoms with Crippen LogP contribution in [0, 0.1) is 5.92 Å². The number of benzene rings is 1. The van der Waals surface area contributed by atoms with Crippen LogP contribution in [0.5, 0.6) is 0 Å². The Hall–Kier alpha value is -1.00. The summed E-state index contributed by atoms with van der Waals surface area (Å²) in [7, 11) is 2.13. The smallest absolute Gasteiger partial charge is 0.224 e. The van der Waals surface area contributed by atoms with Crippen molar-refractivity contribution in [2.24, 2.45) is 5.92 Å². The largest absolute Gasteiger partial charge is 0.355 e. The van der Waals surface area contributed by atoms with Gasteiger partial charge in [0.25, 0.3) is 0 Å². The fourth-order valence-electron chi connectivity index (χ4n) is 2.44. The van der Waals surface area contributed by atoms with Crippen molar-refractivity contribution in [2.75, 3.05) is 32.9 Å². The lowest BCUT2D eigenvalue weighted by atomic mass is 10.1. The van der Waals surface area contributed by atoms with E-state index in [4.69, 9.17) is 0 Å². The van der Waals surface area contributed by atoms with Crippen molar-refractivity contribution in [2.45, 2.75) is 17.7 Å². The van der Waals surface area contributed by atoms with Gasteiger partial charge in [-0.15, -0.1) is 11.8 Å². The molecule has 1 heterocycles. The van der Waals surface area contributed by atoms with Crippen LogP contribution in [0.15, 0.2) is 29.2 Å². The second-order valence-corrected chi connectivity index (χ2v) is 6.13. The van der Waals surface area contributed by atoms with Crippen LogP contribution in [0.4, 0.5) is 0 Å². The number of rotatable bonds is 5. The highest BCUT2D eigenvalue weighted by atomic mass is 32.2. The molecular formula is C15H22N2OS. The number of nitrogens with one attached hydrogen (secondary N) is 1. The number of hydrogen-bond donors (Lipinski definition) is 1. The number of carbonyl (C=O) groups is 1. The van der Waals surface area contributed by atoms with Gasteiger partial charge in [0, 0.05) is 18.0 Å². The van der Waals surface area contributed by atoms with Gasteiger partial charge in [0.1, 0.15) is 0 Å². The Morgan fingerprint density at radius 1 is 1.42 bits per heavy atom. The first-order valence-corrected chi connectivity index (χ1v) is 7.98. The summed E-state index contributed by atoms with van der Waals surface area (Å²) in [6.45, 7) is 3.06. The van der Waals surface area contributed by atoms with Gasteiger partial charge < -0.3 is 10.2 Å². The Morgan fingerprint density at radius 2 is 2.16 bits per heavy atom. The molecule has 0 radical (unpaired) electrons. The number of thioether (sulfide) groups is 1. The summed E-state index contributed by atoms with van der Waals surface area (Å²) in [5.74, 6) is 0.749. The molecule has 1 aromatic rings. The Labute approximate surface area is 119 Å². The van der Waals surface area contributed by atoms with E-state index in [1.54, 1.807) is 11.8 Å². The highest BCUT2D eigenvalue weighted by molar-refractivity contribution is 7.98. The number of nitrogens with zero attached hydrogens (tertiary/aromatic N) is 1. The van der Waals surface area contributed by atoms with Crippen molar-refractivity contribution in [1.29, 1.82) is 0 Å². The quantitative estimate of drug-likeness (QED) is 0.836. The minimum absolute atomic E-state index is 0.131. The normalized spacial score (nSPS) is 19.6. The third-order valence-corrected chi connectivity index (χ3v) is 4.34. The van der Waals surface area contributed by atoms with Crippen LogP contribution in [0.25, 0.3) is 0 Å². The molecule has 104 valence electrons. The summed E-state index contributed by atoms with van der Waals surface area (Å²) < 4.78 is 0. The molecular weight excluding hydrogens is 256 g/mol. The molecule has 1 aromatic carbocycles. The first-order chi connectivity index (χ1) is 9.17. The number of hydrogen-bond acceptors (Lipinski definition) is 3. The van der Waals surface area contributed by atoms with Crippen LogP contribution >= 0.6 is 11.8 Å². The van der Waals surface area contributed by atoms with E-state index in [9.17, 15) is 4.79 Å². The zero-order valence-corrected chi connectivity index (χ0v) is 12.5. The first-order valence-electron chi connectivity index (χ1n) is 6.75. The summed E-state index contributed by atoms with van der Waals surface area (Å²) >= 11 is 1.72. The number of likely N-dealkylation sites (tertiary alicyclic amines) is 1. The average molecular weight is 278 g/mol. The van der Waals surface area contributed by atoms with Gasteiger partial charge in [-0.1, -0.05) is 12.1 Å². The van der Waals surface area contributed by atoms with Crippen LogP contribution in [-0.2, 0) is 11.2 Å². The van der Waals surface area contributed by atoms with Crippen LogP contribution in [-0.4, -0.2) is 43.7 Å². The molecule has 3 nitrogen and oxygen atoms in total. The lowest BCUT2D eigenvalue weighted by Crippen LogP contribution is -2.31. The lowest BCUT2D eigenvalue weighted by molar-refractivity contribution is -0.120. The predicted molar refractivity (Wildman–Crippen MR) is 80.5 cm³/mol. The maximum absolute atomic E-state index is 11.9. The van der Waals surface area contributed by atoms with E-state index < -0.39 is 0 Å². The van der Waals surface area contributed by atoms with E-state index in [0.29, 0.717) is 12.3 Å². The summed E-state index contributed by atoms with van der Waals surface area (Å²) in [5.41, 5.74) is 1.08. The molecule has 0 spiro atoms. The molecule has 0 aromatic heterocycles. The monoisotopic (exact) mass is 278 g/mol. The Kier molecular flexibility index (Phi) is 5.28. The predicted octanol–water partition coefficient (Wildman–Crippen LogP) is 2.02. The molecule has 1 atom stereocenters. The zero-order chi connectivity index (χ0) is 13.7. The molecule has 0 saturated carbocycles. The second-order valence-electron chi connectivity index (χ2n) is 5.25. The van der Waals surface area contributed by atoms with Crippen LogP contribution in [0.2, 0.25) is 0 Å². The third-order valence-electron chi connectivity index (χ3n) is 3.60. The first kappa shape index (κ1) is 14.4. The molecule has 1 fully saturated rings. The highest BCUT2D eigenvalue weighted by Crippen LogP contribution is 2.15. The average Bonchev–Trinajstić information content (AvgIpc) is 2.83. The van der Waals surface area contributed by atoms with Crippen LogP contribution in [0.1, 0.15) is 12.0 Å². The molecule has 1 aliphatic rings.